The van der Waals surface area contributed by atoms with E-state index in [-0.39, 0.29) is 24.0 Å². The van der Waals surface area contributed by atoms with Crippen LogP contribution in [-0.4, -0.2) is 72.1 Å². The number of carbonyl (C=O) groups is 4. The van der Waals surface area contributed by atoms with Gasteiger partial charge < -0.3 is 26.0 Å². The first-order valence-corrected chi connectivity index (χ1v) is 13.7. The molecule has 0 bridgehead atoms. The molecule has 4 amide bonds. The number of nitrogens with zero attached hydrogens (tertiary/aromatic N) is 1. The summed E-state index contributed by atoms with van der Waals surface area (Å²) in [6.07, 6.45) is 6.30. The predicted molar refractivity (Wildman–Crippen MR) is 146 cm³/mol. The van der Waals surface area contributed by atoms with Gasteiger partial charge in [-0.2, -0.15) is 0 Å². The molecule has 2 aliphatic rings. The number of hydrogen-bond donors (Lipinski definition) is 4. The van der Waals surface area contributed by atoms with Gasteiger partial charge in [-0.25, -0.2) is 4.79 Å². The number of ether oxygens (including phenoxy) is 1. The minimum Gasteiger partial charge on any atom is -0.444 e. The lowest BCUT2D eigenvalue weighted by Crippen LogP contribution is -2.60. The molecule has 10 nitrogen and oxygen atoms in total. The third kappa shape index (κ3) is 9.16. The third-order valence-corrected chi connectivity index (χ3v) is 7.22. The minimum absolute atomic E-state index is 0.0689. The van der Waals surface area contributed by atoms with E-state index in [1.165, 1.54) is 6.42 Å². The normalized spacial score (nSPS) is 19.3. The lowest BCUT2D eigenvalue weighted by atomic mass is 9.73. The zero-order valence-electron chi connectivity index (χ0n) is 22.5. The van der Waals surface area contributed by atoms with Crippen LogP contribution in [0.4, 0.5) is 10.5 Å². The Hall–Kier alpha value is -2.85. The quantitative estimate of drug-likeness (QED) is 0.387. The lowest BCUT2D eigenvalue weighted by Gasteiger charge is -2.52. The van der Waals surface area contributed by atoms with E-state index < -0.39 is 23.5 Å². The second-order valence-electron chi connectivity index (χ2n) is 11.1. The van der Waals surface area contributed by atoms with Gasteiger partial charge in [0, 0.05) is 41.9 Å². The van der Waals surface area contributed by atoms with Crippen molar-refractivity contribution in [3.63, 3.8) is 0 Å². The highest BCUT2D eigenvalue weighted by Gasteiger charge is 2.43. The maximum atomic E-state index is 12.6. The second-order valence-corrected chi connectivity index (χ2v) is 11.5. The van der Waals surface area contributed by atoms with Gasteiger partial charge in [0.1, 0.15) is 5.60 Å². The van der Waals surface area contributed by atoms with Crippen LogP contribution in [0.1, 0.15) is 65.7 Å². The average Bonchev–Trinajstić information content (AvgIpc) is 2.85. The number of amides is 4. The zero-order valence-corrected chi connectivity index (χ0v) is 23.3. The highest BCUT2D eigenvalue weighted by atomic mass is 35.5. The van der Waals surface area contributed by atoms with Gasteiger partial charge >= 0.3 is 17.9 Å². The van der Waals surface area contributed by atoms with E-state index in [0.29, 0.717) is 23.8 Å². The van der Waals surface area contributed by atoms with E-state index in [4.69, 9.17) is 16.3 Å². The fourth-order valence-electron chi connectivity index (χ4n) is 5.27. The molecular formula is C27H40ClN5O5. The van der Waals surface area contributed by atoms with Crippen LogP contribution in [0.5, 0.6) is 0 Å². The summed E-state index contributed by atoms with van der Waals surface area (Å²) in [7, 11) is 0. The summed E-state index contributed by atoms with van der Waals surface area (Å²) >= 11 is 5.88. The van der Waals surface area contributed by atoms with Crippen molar-refractivity contribution in [2.75, 3.05) is 31.5 Å². The van der Waals surface area contributed by atoms with Crippen molar-refractivity contribution < 1.29 is 23.9 Å². The van der Waals surface area contributed by atoms with Gasteiger partial charge in [0.15, 0.2) is 0 Å². The first-order valence-electron chi connectivity index (χ1n) is 13.3. The van der Waals surface area contributed by atoms with Crippen LogP contribution in [0.25, 0.3) is 0 Å². The largest absolute Gasteiger partial charge is 0.444 e. The third-order valence-electron chi connectivity index (χ3n) is 6.97. The molecule has 11 heteroatoms. The van der Waals surface area contributed by atoms with Crippen molar-refractivity contribution >= 4 is 41.1 Å². The Bertz CT molecular complexity index is 989. The minimum atomic E-state index is -0.699. The van der Waals surface area contributed by atoms with Crippen molar-refractivity contribution in [2.24, 2.45) is 0 Å². The number of rotatable bonds is 7. The number of anilines is 1. The van der Waals surface area contributed by atoms with Crippen molar-refractivity contribution in [1.29, 1.82) is 0 Å². The summed E-state index contributed by atoms with van der Waals surface area (Å²) in [4.78, 5) is 51.4. The molecule has 1 aliphatic heterocycles. The maximum Gasteiger partial charge on any atom is 0.408 e. The Morgan fingerprint density at radius 2 is 1.71 bits per heavy atom. The molecule has 2 fully saturated rings. The summed E-state index contributed by atoms with van der Waals surface area (Å²) in [5.74, 6) is -1.62. The molecule has 1 unspecified atom stereocenters. The Morgan fingerprint density at radius 1 is 1.03 bits per heavy atom. The van der Waals surface area contributed by atoms with Gasteiger partial charge in [0.2, 0.25) is 5.91 Å². The van der Waals surface area contributed by atoms with Gasteiger partial charge in [-0.3, -0.25) is 19.3 Å². The van der Waals surface area contributed by atoms with Gasteiger partial charge in [-0.05, 0) is 70.7 Å². The highest BCUT2D eigenvalue weighted by Crippen LogP contribution is 2.40. The Labute approximate surface area is 229 Å². The monoisotopic (exact) mass is 549 g/mol. The number of piperidine rings is 1. The first kappa shape index (κ1) is 29.7. The molecule has 1 heterocycles. The standard InChI is InChI=1S/C27H40ClN5O5/c1-26(2,3)38-25(37)30-18-22(34)29-14-16-33-15-11-21(17-27(33)12-5-4-6-13-27)32-24(36)23(35)31-20-9-7-19(28)8-10-20/h7-10,21H,4-6,11-18H2,1-3H3,(H,29,34)(H,30,37)(H,31,35)(H,32,36). The molecular weight excluding hydrogens is 510 g/mol. The fraction of sp³-hybridized carbons (Fsp3) is 0.630. The van der Waals surface area contributed by atoms with Crippen molar-refractivity contribution in [3.8, 4) is 0 Å². The number of nitrogens with one attached hydrogen (secondary N) is 4. The van der Waals surface area contributed by atoms with Gasteiger partial charge in [-0.15, -0.1) is 0 Å². The maximum absolute atomic E-state index is 12.6. The van der Waals surface area contributed by atoms with Crippen LogP contribution < -0.4 is 21.3 Å². The Morgan fingerprint density at radius 3 is 2.37 bits per heavy atom. The van der Waals surface area contributed by atoms with Gasteiger partial charge in [0.25, 0.3) is 0 Å². The molecule has 1 aromatic rings. The first-order chi connectivity index (χ1) is 18.0. The van der Waals surface area contributed by atoms with Crippen LogP contribution in [0.3, 0.4) is 0 Å². The molecule has 1 atom stereocenters. The fourth-order valence-corrected chi connectivity index (χ4v) is 5.40. The van der Waals surface area contributed by atoms with Crippen molar-refractivity contribution in [1.82, 2.24) is 20.9 Å². The average molecular weight is 550 g/mol. The molecule has 0 radical (unpaired) electrons. The van der Waals surface area contributed by atoms with E-state index in [1.807, 2.05) is 0 Å². The van der Waals surface area contributed by atoms with Crippen LogP contribution in [0.2, 0.25) is 5.02 Å². The van der Waals surface area contributed by atoms with Gasteiger partial charge in [-0.1, -0.05) is 30.9 Å². The number of halogens is 1. The van der Waals surface area contributed by atoms with E-state index >= 15 is 0 Å². The number of alkyl carbamates (subject to hydrolysis) is 1. The summed E-state index contributed by atoms with van der Waals surface area (Å²) in [6.45, 7) is 7.03. The molecule has 3 rings (SSSR count). The van der Waals surface area contributed by atoms with E-state index in [1.54, 1.807) is 45.0 Å². The molecule has 1 spiro atoms. The molecule has 1 aromatic carbocycles. The van der Waals surface area contributed by atoms with Crippen LogP contribution in [-0.2, 0) is 19.1 Å². The van der Waals surface area contributed by atoms with E-state index in [9.17, 15) is 19.2 Å². The van der Waals surface area contributed by atoms with Gasteiger partial charge in [0.05, 0.1) is 6.54 Å². The second kappa shape index (κ2) is 13.3. The molecule has 4 N–H and O–H groups in total. The SMILES string of the molecule is CC(C)(C)OC(=O)NCC(=O)NCCN1CCC(NC(=O)C(=O)Nc2ccc(Cl)cc2)CC12CCCCC2. The van der Waals surface area contributed by atoms with E-state index in [0.717, 1.165) is 45.1 Å². The predicted octanol–water partition coefficient (Wildman–Crippen LogP) is 3.20. The number of benzene rings is 1. The number of hydrogen-bond acceptors (Lipinski definition) is 6. The smallest absolute Gasteiger partial charge is 0.408 e. The van der Waals surface area contributed by atoms with Crippen molar-refractivity contribution in [2.45, 2.75) is 82.9 Å². The molecule has 1 aliphatic carbocycles. The summed E-state index contributed by atoms with van der Waals surface area (Å²) in [5.41, 5.74) is -0.182. The van der Waals surface area contributed by atoms with Crippen LogP contribution in [0.15, 0.2) is 24.3 Å². The highest BCUT2D eigenvalue weighted by molar-refractivity contribution is 6.39. The Kier molecular flexibility index (Phi) is 10.4. The Balaban J connectivity index is 1.47. The summed E-state index contributed by atoms with van der Waals surface area (Å²) in [6, 6.07) is 6.50. The van der Waals surface area contributed by atoms with E-state index in [2.05, 4.69) is 26.2 Å². The van der Waals surface area contributed by atoms with Crippen LogP contribution >= 0.6 is 11.6 Å². The zero-order chi connectivity index (χ0) is 27.8. The topological polar surface area (TPSA) is 129 Å². The molecule has 38 heavy (non-hydrogen) atoms. The number of likely N-dealkylation sites (tertiary alicyclic amines) is 1. The lowest BCUT2D eigenvalue weighted by molar-refractivity contribution is -0.137. The molecule has 210 valence electrons. The van der Waals surface area contributed by atoms with Crippen molar-refractivity contribution in [3.05, 3.63) is 29.3 Å². The molecule has 0 aromatic heterocycles. The number of carbonyl (C=O) groups excluding carboxylic acids is 4. The molecule has 1 saturated heterocycles. The van der Waals surface area contributed by atoms with Crippen LogP contribution in [0, 0.1) is 0 Å². The molecule has 1 saturated carbocycles. The summed E-state index contributed by atoms with van der Waals surface area (Å²) in [5, 5.41) is 11.4. The summed E-state index contributed by atoms with van der Waals surface area (Å²) < 4.78 is 5.15.